The molecule has 0 aliphatic carbocycles. The van der Waals surface area contributed by atoms with Crippen molar-refractivity contribution in [3.63, 3.8) is 0 Å². The molecule has 0 saturated carbocycles. The standard InChI is InChI=1S/C18H23FN2O/c1-18(2,3)11-21-15-9-8-14(16(19)17(15)20-4)12-6-5-7-13(22)10-12/h5-10,20-22H,11H2,1-4H3. The summed E-state index contributed by atoms with van der Waals surface area (Å²) in [4.78, 5) is 0. The number of hydrogen-bond donors (Lipinski definition) is 3. The Morgan fingerprint density at radius 3 is 2.45 bits per heavy atom. The smallest absolute Gasteiger partial charge is 0.156 e. The Bertz CT molecular complexity index is 663. The molecular weight excluding hydrogens is 279 g/mol. The molecule has 0 bridgehead atoms. The van der Waals surface area contributed by atoms with Crippen LogP contribution in [-0.4, -0.2) is 18.7 Å². The van der Waals surface area contributed by atoms with Crippen LogP contribution in [0.1, 0.15) is 20.8 Å². The van der Waals surface area contributed by atoms with Crippen LogP contribution in [0.3, 0.4) is 0 Å². The number of hydrogen-bond acceptors (Lipinski definition) is 3. The molecule has 22 heavy (non-hydrogen) atoms. The van der Waals surface area contributed by atoms with Crippen LogP contribution in [0.2, 0.25) is 0 Å². The summed E-state index contributed by atoms with van der Waals surface area (Å²) in [5.74, 6) is -0.204. The maximum absolute atomic E-state index is 14.8. The Kier molecular flexibility index (Phi) is 4.59. The lowest BCUT2D eigenvalue weighted by Crippen LogP contribution is -2.19. The number of benzene rings is 2. The molecule has 0 aliphatic rings. The maximum Gasteiger partial charge on any atom is 0.156 e. The minimum atomic E-state index is -0.327. The lowest BCUT2D eigenvalue weighted by molar-refractivity contribution is 0.443. The van der Waals surface area contributed by atoms with Crippen molar-refractivity contribution >= 4 is 11.4 Å². The van der Waals surface area contributed by atoms with Gasteiger partial charge in [0.1, 0.15) is 5.75 Å². The van der Waals surface area contributed by atoms with Gasteiger partial charge in [-0.3, -0.25) is 0 Å². The maximum atomic E-state index is 14.8. The van der Waals surface area contributed by atoms with E-state index in [1.807, 2.05) is 6.07 Å². The molecule has 2 rings (SSSR count). The van der Waals surface area contributed by atoms with Crippen LogP contribution in [0.25, 0.3) is 11.1 Å². The molecule has 0 aliphatic heterocycles. The number of nitrogens with one attached hydrogen (secondary N) is 2. The van der Waals surface area contributed by atoms with Gasteiger partial charge in [0, 0.05) is 19.2 Å². The van der Waals surface area contributed by atoms with Crippen LogP contribution in [0, 0.1) is 11.2 Å². The Balaban J connectivity index is 2.40. The number of phenols is 1. The largest absolute Gasteiger partial charge is 0.508 e. The van der Waals surface area contributed by atoms with Crippen LogP contribution >= 0.6 is 0 Å². The summed E-state index contributed by atoms with van der Waals surface area (Å²) >= 11 is 0. The van der Waals surface area contributed by atoms with E-state index in [2.05, 4.69) is 31.4 Å². The van der Waals surface area contributed by atoms with E-state index in [4.69, 9.17) is 0 Å². The lowest BCUT2D eigenvalue weighted by Gasteiger charge is -2.22. The highest BCUT2D eigenvalue weighted by Crippen LogP contribution is 2.34. The summed E-state index contributed by atoms with van der Waals surface area (Å²) in [6, 6.07) is 10.2. The van der Waals surface area contributed by atoms with Gasteiger partial charge < -0.3 is 15.7 Å². The van der Waals surface area contributed by atoms with Crippen molar-refractivity contribution in [1.29, 1.82) is 0 Å². The van der Waals surface area contributed by atoms with Crippen LogP contribution < -0.4 is 10.6 Å². The van der Waals surface area contributed by atoms with Gasteiger partial charge in [0.25, 0.3) is 0 Å². The number of rotatable bonds is 4. The minimum Gasteiger partial charge on any atom is -0.508 e. The highest BCUT2D eigenvalue weighted by Gasteiger charge is 2.16. The fourth-order valence-electron chi connectivity index (χ4n) is 2.22. The zero-order valence-corrected chi connectivity index (χ0v) is 13.5. The topological polar surface area (TPSA) is 44.3 Å². The molecule has 2 aromatic rings. The number of phenolic OH excluding ortho intramolecular Hbond substituents is 1. The summed E-state index contributed by atoms with van der Waals surface area (Å²) in [5, 5.41) is 15.8. The molecule has 0 amide bonds. The van der Waals surface area contributed by atoms with Crippen LogP contribution in [0.5, 0.6) is 5.75 Å². The summed E-state index contributed by atoms with van der Waals surface area (Å²) in [6.07, 6.45) is 0. The van der Waals surface area contributed by atoms with E-state index in [9.17, 15) is 9.50 Å². The van der Waals surface area contributed by atoms with E-state index in [0.29, 0.717) is 16.8 Å². The van der Waals surface area contributed by atoms with E-state index in [-0.39, 0.29) is 17.0 Å². The number of aromatic hydroxyl groups is 1. The minimum absolute atomic E-state index is 0.103. The Morgan fingerprint density at radius 1 is 1.14 bits per heavy atom. The molecule has 0 atom stereocenters. The van der Waals surface area contributed by atoms with Crippen molar-refractivity contribution in [1.82, 2.24) is 0 Å². The predicted octanol–water partition coefficient (Wildman–Crippen LogP) is 4.70. The second-order valence-corrected chi connectivity index (χ2v) is 6.56. The molecular formula is C18H23FN2O. The van der Waals surface area contributed by atoms with Gasteiger partial charge in [0.05, 0.1) is 11.4 Å². The second-order valence-electron chi connectivity index (χ2n) is 6.56. The fraction of sp³-hybridized carbons (Fsp3) is 0.333. The van der Waals surface area contributed by atoms with Gasteiger partial charge in [-0.2, -0.15) is 0 Å². The van der Waals surface area contributed by atoms with Gasteiger partial charge in [0.2, 0.25) is 0 Å². The number of anilines is 2. The van der Waals surface area contributed by atoms with Crippen molar-refractivity contribution in [2.45, 2.75) is 20.8 Å². The molecule has 118 valence electrons. The van der Waals surface area contributed by atoms with Crippen molar-refractivity contribution in [2.24, 2.45) is 5.41 Å². The highest BCUT2D eigenvalue weighted by atomic mass is 19.1. The quantitative estimate of drug-likeness (QED) is 0.767. The average molecular weight is 302 g/mol. The Hall–Kier alpha value is -2.23. The van der Waals surface area contributed by atoms with E-state index < -0.39 is 0 Å². The van der Waals surface area contributed by atoms with Gasteiger partial charge >= 0.3 is 0 Å². The van der Waals surface area contributed by atoms with Gasteiger partial charge in [-0.15, -0.1) is 0 Å². The van der Waals surface area contributed by atoms with E-state index in [1.54, 1.807) is 37.4 Å². The van der Waals surface area contributed by atoms with Gasteiger partial charge in [-0.25, -0.2) is 4.39 Å². The van der Waals surface area contributed by atoms with E-state index in [1.165, 1.54) is 0 Å². The predicted molar refractivity (Wildman–Crippen MR) is 91.0 cm³/mol. The van der Waals surface area contributed by atoms with Crippen LogP contribution in [-0.2, 0) is 0 Å². The first-order valence-electron chi connectivity index (χ1n) is 7.35. The Morgan fingerprint density at radius 2 is 1.86 bits per heavy atom. The SMILES string of the molecule is CNc1c(NCC(C)(C)C)ccc(-c2cccc(O)c2)c1F. The molecule has 4 heteroatoms. The average Bonchev–Trinajstić information content (AvgIpc) is 2.44. The van der Waals surface area contributed by atoms with Crippen LogP contribution in [0.4, 0.5) is 15.8 Å². The fourth-order valence-corrected chi connectivity index (χ4v) is 2.22. The van der Waals surface area contributed by atoms with E-state index >= 15 is 0 Å². The van der Waals surface area contributed by atoms with Gasteiger partial charge in [-0.05, 0) is 35.2 Å². The molecule has 0 fully saturated rings. The summed E-state index contributed by atoms with van der Waals surface area (Å²) in [6.45, 7) is 7.11. The highest BCUT2D eigenvalue weighted by molar-refractivity contribution is 5.79. The first-order valence-corrected chi connectivity index (χ1v) is 7.35. The lowest BCUT2D eigenvalue weighted by atomic mass is 9.96. The van der Waals surface area contributed by atoms with Crippen molar-refractivity contribution in [3.05, 3.63) is 42.2 Å². The molecule has 3 N–H and O–H groups in total. The van der Waals surface area contributed by atoms with Crippen molar-refractivity contribution in [2.75, 3.05) is 24.2 Å². The molecule has 0 spiro atoms. The molecule has 0 aromatic heterocycles. The third-order valence-corrected chi connectivity index (χ3v) is 3.36. The zero-order valence-electron chi connectivity index (χ0n) is 13.5. The van der Waals surface area contributed by atoms with Crippen molar-refractivity contribution in [3.8, 4) is 16.9 Å². The molecule has 2 aromatic carbocycles. The van der Waals surface area contributed by atoms with Gasteiger partial charge in [-0.1, -0.05) is 32.9 Å². The zero-order chi connectivity index (χ0) is 16.3. The molecule has 0 unspecified atom stereocenters. The normalized spacial score (nSPS) is 11.3. The first kappa shape index (κ1) is 16.1. The Labute approximate surface area is 131 Å². The van der Waals surface area contributed by atoms with Crippen LogP contribution in [0.15, 0.2) is 36.4 Å². The summed E-state index contributed by atoms with van der Waals surface area (Å²) in [7, 11) is 1.70. The summed E-state index contributed by atoms with van der Waals surface area (Å²) in [5.41, 5.74) is 2.38. The molecule has 0 saturated heterocycles. The molecule has 0 heterocycles. The van der Waals surface area contributed by atoms with E-state index in [0.717, 1.165) is 12.2 Å². The first-order chi connectivity index (χ1) is 10.3. The monoisotopic (exact) mass is 302 g/mol. The van der Waals surface area contributed by atoms with Crippen molar-refractivity contribution < 1.29 is 9.50 Å². The second kappa shape index (κ2) is 6.26. The summed E-state index contributed by atoms with van der Waals surface area (Å²) < 4.78 is 14.8. The third-order valence-electron chi connectivity index (χ3n) is 3.36. The molecule has 0 radical (unpaired) electrons. The molecule has 3 nitrogen and oxygen atoms in total. The third kappa shape index (κ3) is 3.70. The number of halogens is 1. The van der Waals surface area contributed by atoms with Gasteiger partial charge in [0.15, 0.2) is 5.82 Å².